The van der Waals surface area contributed by atoms with Gasteiger partial charge in [-0.15, -0.1) is 0 Å². The van der Waals surface area contributed by atoms with Crippen molar-refractivity contribution in [1.29, 1.82) is 0 Å². The van der Waals surface area contributed by atoms with E-state index in [9.17, 15) is 24.9 Å². The second-order valence-corrected chi connectivity index (χ2v) is 4.85. The van der Waals surface area contributed by atoms with Gasteiger partial charge in [0.2, 0.25) is 5.91 Å². The van der Waals surface area contributed by atoms with Crippen LogP contribution in [0, 0.1) is 0 Å². The van der Waals surface area contributed by atoms with Crippen LogP contribution in [-0.2, 0) is 9.59 Å². The predicted molar refractivity (Wildman–Crippen MR) is 65.7 cm³/mol. The first-order valence-corrected chi connectivity index (χ1v) is 6.19. The standard InChI is InChI=1S/C11H20N2O7/c1-4(15)12-8-6(16)2-5(11(19)20)13-9(8)10(18)7(17)3-14/h5-10,13-14,16-18H,2-3H2,1H3,(H,12,15)(H,19,20)/t5-,6-,7+,8+,9+,10+/m0/s1. The first-order valence-electron chi connectivity index (χ1n) is 6.19. The van der Waals surface area contributed by atoms with Crippen molar-refractivity contribution in [3.8, 4) is 0 Å². The maximum atomic E-state index is 11.1. The number of hydrogen-bond acceptors (Lipinski definition) is 7. The number of hydrogen-bond donors (Lipinski definition) is 7. The Labute approximate surface area is 115 Å². The van der Waals surface area contributed by atoms with Crippen LogP contribution >= 0.6 is 0 Å². The number of carboxylic acid groups (broad SMARTS) is 1. The molecule has 1 amide bonds. The summed E-state index contributed by atoms with van der Waals surface area (Å²) in [5.41, 5.74) is 0. The smallest absolute Gasteiger partial charge is 0.320 e. The van der Waals surface area contributed by atoms with Crippen LogP contribution in [0.1, 0.15) is 13.3 Å². The molecule has 7 N–H and O–H groups in total. The van der Waals surface area contributed by atoms with Crippen molar-refractivity contribution in [2.24, 2.45) is 0 Å². The molecule has 116 valence electrons. The van der Waals surface area contributed by atoms with E-state index < -0.39 is 54.9 Å². The van der Waals surface area contributed by atoms with Crippen molar-refractivity contribution >= 4 is 11.9 Å². The number of aliphatic hydroxyl groups excluding tert-OH is 4. The third-order valence-corrected chi connectivity index (χ3v) is 3.29. The van der Waals surface area contributed by atoms with E-state index in [0.717, 1.165) is 0 Å². The van der Waals surface area contributed by atoms with Gasteiger partial charge in [-0.2, -0.15) is 0 Å². The molecule has 9 nitrogen and oxygen atoms in total. The van der Waals surface area contributed by atoms with E-state index in [1.54, 1.807) is 0 Å². The first kappa shape index (κ1) is 16.8. The van der Waals surface area contributed by atoms with Crippen molar-refractivity contribution < 1.29 is 35.1 Å². The molecule has 1 aliphatic rings. The lowest BCUT2D eigenvalue weighted by Gasteiger charge is -2.42. The fraction of sp³-hybridized carbons (Fsp3) is 0.818. The van der Waals surface area contributed by atoms with Crippen LogP contribution in [0.4, 0.5) is 0 Å². The molecule has 0 saturated carbocycles. The van der Waals surface area contributed by atoms with Crippen LogP contribution in [0.15, 0.2) is 0 Å². The molecular formula is C11H20N2O7. The van der Waals surface area contributed by atoms with Gasteiger partial charge in [-0.25, -0.2) is 0 Å². The summed E-state index contributed by atoms with van der Waals surface area (Å²) in [6.45, 7) is 0.474. The Morgan fingerprint density at radius 2 is 2.00 bits per heavy atom. The van der Waals surface area contributed by atoms with Crippen LogP contribution in [0.2, 0.25) is 0 Å². The van der Waals surface area contributed by atoms with Gasteiger partial charge in [0, 0.05) is 13.3 Å². The topological polar surface area (TPSA) is 159 Å². The third-order valence-electron chi connectivity index (χ3n) is 3.29. The average molecular weight is 292 g/mol. The van der Waals surface area contributed by atoms with Crippen LogP contribution in [0.25, 0.3) is 0 Å². The molecule has 0 aliphatic carbocycles. The van der Waals surface area contributed by atoms with E-state index >= 15 is 0 Å². The Morgan fingerprint density at radius 1 is 1.40 bits per heavy atom. The minimum atomic E-state index is -1.55. The molecule has 1 aliphatic heterocycles. The van der Waals surface area contributed by atoms with Crippen LogP contribution in [0.3, 0.4) is 0 Å². The summed E-state index contributed by atoms with van der Waals surface area (Å²) in [7, 11) is 0. The third kappa shape index (κ3) is 3.87. The highest BCUT2D eigenvalue weighted by Gasteiger charge is 2.44. The predicted octanol–water partition coefficient (Wildman–Crippen LogP) is -3.62. The Hall–Kier alpha value is -1.26. The molecule has 0 spiro atoms. The van der Waals surface area contributed by atoms with Crippen molar-refractivity contribution in [3.63, 3.8) is 0 Å². The van der Waals surface area contributed by atoms with Crippen molar-refractivity contribution in [2.45, 2.75) is 49.8 Å². The normalized spacial score (nSPS) is 33.2. The minimum absolute atomic E-state index is 0.154. The SMILES string of the molecule is CC(=O)N[C@H]1[C@H]([C@H](O)[C@H](O)CO)N[C@H](C(=O)O)C[C@@H]1O. The fourth-order valence-electron chi connectivity index (χ4n) is 2.28. The second kappa shape index (κ2) is 6.95. The molecule has 1 fully saturated rings. The van der Waals surface area contributed by atoms with Gasteiger partial charge in [0.15, 0.2) is 0 Å². The summed E-state index contributed by atoms with van der Waals surface area (Å²) in [5, 5.41) is 52.1. The van der Waals surface area contributed by atoms with Gasteiger partial charge in [-0.3, -0.25) is 14.9 Å². The maximum absolute atomic E-state index is 11.1. The van der Waals surface area contributed by atoms with Gasteiger partial charge in [0.1, 0.15) is 12.1 Å². The number of aliphatic hydroxyl groups is 4. The van der Waals surface area contributed by atoms with E-state index in [1.165, 1.54) is 6.92 Å². The lowest BCUT2D eigenvalue weighted by atomic mass is 9.86. The van der Waals surface area contributed by atoms with Gasteiger partial charge >= 0.3 is 5.97 Å². The number of nitrogens with one attached hydrogen (secondary N) is 2. The Morgan fingerprint density at radius 3 is 2.45 bits per heavy atom. The molecule has 0 unspecified atom stereocenters. The monoisotopic (exact) mass is 292 g/mol. The number of amides is 1. The second-order valence-electron chi connectivity index (χ2n) is 4.85. The molecule has 6 atom stereocenters. The quantitative estimate of drug-likeness (QED) is 0.273. The van der Waals surface area contributed by atoms with Crippen molar-refractivity contribution in [2.75, 3.05) is 6.61 Å². The maximum Gasteiger partial charge on any atom is 0.320 e. The van der Waals surface area contributed by atoms with Crippen molar-refractivity contribution in [1.82, 2.24) is 10.6 Å². The Balaban J connectivity index is 2.94. The summed E-state index contributed by atoms with van der Waals surface area (Å²) >= 11 is 0. The minimum Gasteiger partial charge on any atom is -0.480 e. The molecule has 20 heavy (non-hydrogen) atoms. The summed E-state index contributed by atoms with van der Waals surface area (Å²) in [6, 6.07) is -3.20. The van der Waals surface area contributed by atoms with E-state index in [1.807, 2.05) is 0 Å². The summed E-state index contributed by atoms with van der Waals surface area (Å²) < 4.78 is 0. The highest BCUT2D eigenvalue weighted by Crippen LogP contribution is 2.19. The van der Waals surface area contributed by atoms with Gasteiger partial charge in [-0.05, 0) is 0 Å². The molecule has 0 aromatic carbocycles. The number of rotatable bonds is 5. The molecule has 1 saturated heterocycles. The van der Waals surface area contributed by atoms with Crippen molar-refractivity contribution in [3.05, 3.63) is 0 Å². The number of aliphatic carboxylic acids is 1. The molecular weight excluding hydrogens is 272 g/mol. The number of carbonyl (C=O) groups excluding carboxylic acids is 1. The van der Waals surface area contributed by atoms with Gasteiger partial charge in [-0.1, -0.05) is 0 Å². The zero-order valence-electron chi connectivity index (χ0n) is 10.9. The van der Waals surface area contributed by atoms with Gasteiger partial charge in [0.25, 0.3) is 0 Å². The number of carboxylic acids is 1. The lowest BCUT2D eigenvalue weighted by Crippen LogP contribution is -2.69. The molecule has 0 bridgehead atoms. The molecule has 9 heteroatoms. The van der Waals surface area contributed by atoms with E-state index in [0.29, 0.717) is 0 Å². The van der Waals surface area contributed by atoms with Crippen LogP contribution < -0.4 is 10.6 Å². The highest BCUT2D eigenvalue weighted by atomic mass is 16.4. The average Bonchev–Trinajstić information content (AvgIpc) is 2.38. The summed E-state index contributed by atoms with van der Waals surface area (Å²) in [4.78, 5) is 22.1. The molecule has 0 aromatic heterocycles. The van der Waals surface area contributed by atoms with Crippen LogP contribution in [0.5, 0.6) is 0 Å². The number of carbonyl (C=O) groups is 2. The summed E-state index contributed by atoms with van der Waals surface area (Å²) in [5.74, 6) is -1.69. The van der Waals surface area contributed by atoms with Gasteiger partial charge in [0.05, 0.1) is 30.9 Å². The fourth-order valence-corrected chi connectivity index (χ4v) is 2.28. The Kier molecular flexibility index (Phi) is 5.84. The largest absolute Gasteiger partial charge is 0.480 e. The van der Waals surface area contributed by atoms with Crippen LogP contribution in [-0.4, -0.2) is 80.5 Å². The summed E-state index contributed by atoms with van der Waals surface area (Å²) in [6.07, 6.45) is -4.43. The molecule has 0 radical (unpaired) electrons. The van der Waals surface area contributed by atoms with Gasteiger partial charge < -0.3 is 30.8 Å². The highest BCUT2D eigenvalue weighted by molar-refractivity contribution is 5.75. The Bertz CT molecular complexity index is 365. The first-order chi connectivity index (χ1) is 9.27. The molecule has 1 heterocycles. The molecule has 0 aromatic rings. The van der Waals surface area contributed by atoms with E-state index in [4.69, 9.17) is 10.2 Å². The lowest BCUT2D eigenvalue weighted by molar-refractivity contribution is -0.144. The molecule has 1 rings (SSSR count). The number of piperidine rings is 1. The zero-order valence-corrected chi connectivity index (χ0v) is 10.9. The van der Waals surface area contributed by atoms with E-state index in [-0.39, 0.29) is 6.42 Å². The van der Waals surface area contributed by atoms with E-state index in [2.05, 4.69) is 10.6 Å². The zero-order chi connectivity index (χ0) is 15.4.